The average molecular weight is 299 g/mol. The lowest BCUT2D eigenvalue weighted by molar-refractivity contribution is 0.0826. The number of methoxy groups -OCH3 is 1. The maximum absolute atomic E-state index is 8.96. The van der Waals surface area contributed by atoms with Crippen LogP contribution in [0.1, 0.15) is 35.7 Å². The second kappa shape index (κ2) is 6.54. The fraction of sp³-hybridized carbons (Fsp3) is 0.467. The molecule has 0 atom stereocenters. The number of nitriles is 1. The van der Waals surface area contributed by atoms with Crippen molar-refractivity contribution in [3.8, 4) is 11.8 Å². The number of tetrazole rings is 1. The minimum atomic E-state index is 0.327. The molecule has 0 aliphatic carbocycles. The summed E-state index contributed by atoms with van der Waals surface area (Å²) in [6.45, 7) is 2.02. The third-order valence-electron chi connectivity index (χ3n) is 3.88. The number of aromatic nitrogens is 4. The highest BCUT2D eigenvalue weighted by Crippen LogP contribution is 2.26. The molecule has 0 unspecified atom stereocenters. The highest BCUT2D eigenvalue weighted by Gasteiger charge is 2.22. The lowest BCUT2D eigenvalue weighted by Gasteiger charge is -2.21. The van der Waals surface area contributed by atoms with Crippen LogP contribution in [0.2, 0.25) is 0 Å². The molecule has 3 rings (SSSR count). The van der Waals surface area contributed by atoms with Gasteiger partial charge < -0.3 is 9.47 Å². The second-order valence-corrected chi connectivity index (χ2v) is 5.22. The Balaban J connectivity index is 1.85. The molecular formula is C15H17N5O2. The summed E-state index contributed by atoms with van der Waals surface area (Å²) in [5, 5.41) is 21.1. The maximum Gasteiger partial charge on any atom is 0.154 e. The first kappa shape index (κ1) is 14.5. The fourth-order valence-corrected chi connectivity index (χ4v) is 2.68. The van der Waals surface area contributed by atoms with Gasteiger partial charge in [0.15, 0.2) is 5.82 Å². The summed E-state index contributed by atoms with van der Waals surface area (Å²) in [5.74, 6) is 1.88. The van der Waals surface area contributed by atoms with Crippen LogP contribution in [-0.4, -0.2) is 40.5 Å². The van der Waals surface area contributed by atoms with Crippen molar-refractivity contribution in [3.05, 3.63) is 35.2 Å². The van der Waals surface area contributed by atoms with Crippen LogP contribution in [0.3, 0.4) is 0 Å². The third kappa shape index (κ3) is 2.92. The molecule has 7 nitrogen and oxygen atoms in total. The Labute approximate surface area is 128 Å². The Kier molecular flexibility index (Phi) is 4.30. The first-order valence-corrected chi connectivity index (χ1v) is 7.22. The van der Waals surface area contributed by atoms with E-state index in [0.717, 1.165) is 37.4 Å². The predicted octanol–water partition coefficient (Wildman–Crippen LogP) is 1.50. The molecule has 0 amide bonds. The van der Waals surface area contributed by atoms with Gasteiger partial charge in [0.1, 0.15) is 5.75 Å². The van der Waals surface area contributed by atoms with Gasteiger partial charge in [0.2, 0.25) is 0 Å². The lowest BCUT2D eigenvalue weighted by Crippen LogP contribution is -2.19. The molecule has 1 saturated heterocycles. The van der Waals surface area contributed by atoms with E-state index in [1.165, 1.54) is 0 Å². The Morgan fingerprint density at radius 2 is 2.23 bits per heavy atom. The van der Waals surface area contributed by atoms with Crippen LogP contribution in [-0.2, 0) is 11.3 Å². The van der Waals surface area contributed by atoms with E-state index in [1.54, 1.807) is 23.9 Å². The standard InChI is InChI=1S/C15H17N5O2/c1-21-14-8-11(9-16)2-3-13(14)10-20-15(17-18-19-20)12-4-6-22-7-5-12/h2-3,8,12H,4-7,10H2,1H3. The zero-order valence-corrected chi connectivity index (χ0v) is 12.4. The van der Waals surface area contributed by atoms with Gasteiger partial charge in [-0.15, -0.1) is 5.10 Å². The van der Waals surface area contributed by atoms with E-state index in [1.807, 2.05) is 6.07 Å². The summed E-state index contributed by atoms with van der Waals surface area (Å²) in [6, 6.07) is 7.50. The van der Waals surface area contributed by atoms with Crippen molar-refractivity contribution >= 4 is 0 Å². The Morgan fingerprint density at radius 3 is 2.95 bits per heavy atom. The topological polar surface area (TPSA) is 85.9 Å². The van der Waals surface area contributed by atoms with E-state index < -0.39 is 0 Å². The minimum absolute atomic E-state index is 0.327. The molecule has 114 valence electrons. The van der Waals surface area contributed by atoms with Gasteiger partial charge in [-0.2, -0.15) is 5.26 Å². The summed E-state index contributed by atoms with van der Waals surface area (Å²) >= 11 is 0. The average Bonchev–Trinajstić information content (AvgIpc) is 3.04. The molecule has 0 spiro atoms. The smallest absolute Gasteiger partial charge is 0.154 e. The molecule has 7 heteroatoms. The van der Waals surface area contributed by atoms with Crippen molar-refractivity contribution in [2.24, 2.45) is 0 Å². The SMILES string of the molecule is COc1cc(C#N)ccc1Cn1nnnc1C1CCOCC1. The molecule has 1 aliphatic rings. The number of benzene rings is 1. The highest BCUT2D eigenvalue weighted by atomic mass is 16.5. The number of rotatable bonds is 4. The van der Waals surface area contributed by atoms with Gasteiger partial charge in [-0.05, 0) is 35.4 Å². The van der Waals surface area contributed by atoms with Gasteiger partial charge in [0.25, 0.3) is 0 Å². The summed E-state index contributed by atoms with van der Waals surface area (Å²) < 4.78 is 12.6. The number of hydrogen-bond donors (Lipinski definition) is 0. The number of nitrogens with zero attached hydrogens (tertiary/aromatic N) is 5. The third-order valence-corrected chi connectivity index (χ3v) is 3.88. The largest absolute Gasteiger partial charge is 0.496 e. The zero-order chi connectivity index (χ0) is 15.4. The summed E-state index contributed by atoms with van der Waals surface area (Å²) in [6.07, 6.45) is 1.87. The predicted molar refractivity (Wildman–Crippen MR) is 77.4 cm³/mol. The van der Waals surface area contributed by atoms with Gasteiger partial charge in [0.05, 0.1) is 25.3 Å². The normalized spacial score (nSPS) is 15.5. The lowest BCUT2D eigenvalue weighted by atomic mass is 9.99. The van der Waals surface area contributed by atoms with Crippen LogP contribution >= 0.6 is 0 Å². The zero-order valence-electron chi connectivity index (χ0n) is 12.4. The summed E-state index contributed by atoms with van der Waals surface area (Å²) in [7, 11) is 1.60. The van der Waals surface area contributed by atoms with E-state index in [-0.39, 0.29) is 0 Å². The molecule has 2 heterocycles. The van der Waals surface area contributed by atoms with Crippen LogP contribution in [0.25, 0.3) is 0 Å². The van der Waals surface area contributed by atoms with Gasteiger partial charge in [0, 0.05) is 24.7 Å². The Morgan fingerprint density at radius 1 is 1.41 bits per heavy atom. The van der Waals surface area contributed by atoms with E-state index >= 15 is 0 Å². The number of ether oxygens (including phenoxy) is 2. The molecule has 0 N–H and O–H groups in total. The fourth-order valence-electron chi connectivity index (χ4n) is 2.68. The van der Waals surface area contributed by atoms with E-state index in [2.05, 4.69) is 21.6 Å². The van der Waals surface area contributed by atoms with E-state index in [4.69, 9.17) is 14.7 Å². The maximum atomic E-state index is 8.96. The molecule has 1 aromatic heterocycles. The van der Waals surface area contributed by atoms with Gasteiger partial charge in [-0.25, -0.2) is 4.68 Å². The first-order chi connectivity index (χ1) is 10.8. The molecule has 0 saturated carbocycles. The van der Waals surface area contributed by atoms with E-state index in [9.17, 15) is 0 Å². The van der Waals surface area contributed by atoms with Crippen LogP contribution in [0.15, 0.2) is 18.2 Å². The Hall–Kier alpha value is -2.46. The van der Waals surface area contributed by atoms with Crippen LogP contribution in [0.4, 0.5) is 0 Å². The molecule has 0 radical (unpaired) electrons. The molecule has 1 fully saturated rings. The molecule has 0 bridgehead atoms. The summed E-state index contributed by atoms with van der Waals surface area (Å²) in [5.41, 5.74) is 1.52. The van der Waals surface area contributed by atoms with Gasteiger partial charge in [-0.1, -0.05) is 6.07 Å². The van der Waals surface area contributed by atoms with Crippen molar-refractivity contribution in [1.82, 2.24) is 20.2 Å². The Bertz CT molecular complexity index is 685. The van der Waals surface area contributed by atoms with Crippen LogP contribution in [0.5, 0.6) is 5.75 Å². The number of hydrogen-bond acceptors (Lipinski definition) is 6. The van der Waals surface area contributed by atoms with Crippen molar-refractivity contribution in [2.75, 3.05) is 20.3 Å². The molecular weight excluding hydrogens is 282 g/mol. The van der Waals surface area contributed by atoms with Gasteiger partial charge in [-0.3, -0.25) is 0 Å². The minimum Gasteiger partial charge on any atom is -0.496 e. The molecule has 1 aromatic carbocycles. The molecule has 1 aliphatic heterocycles. The van der Waals surface area contributed by atoms with Crippen molar-refractivity contribution in [3.63, 3.8) is 0 Å². The van der Waals surface area contributed by atoms with Crippen LogP contribution in [0, 0.1) is 11.3 Å². The summed E-state index contributed by atoms with van der Waals surface area (Å²) in [4.78, 5) is 0. The van der Waals surface area contributed by atoms with E-state index in [0.29, 0.717) is 23.8 Å². The quantitative estimate of drug-likeness (QED) is 0.850. The van der Waals surface area contributed by atoms with Crippen molar-refractivity contribution < 1.29 is 9.47 Å². The monoisotopic (exact) mass is 299 g/mol. The molecule has 22 heavy (non-hydrogen) atoms. The highest BCUT2D eigenvalue weighted by molar-refractivity contribution is 5.42. The second-order valence-electron chi connectivity index (χ2n) is 5.22. The van der Waals surface area contributed by atoms with Crippen molar-refractivity contribution in [1.29, 1.82) is 5.26 Å². The van der Waals surface area contributed by atoms with Gasteiger partial charge >= 0.3 is 0 Å². The molecule has 2 aromatic rings. The van der Waals surface area contributed by atoms with Crippen LogP contribution < -0.4 is 4.74 Å². The van der Waals surface area contributed by atoms with Crippen molar-refractivity contribution in [2.45, 2.75) is 25.3 Å². The first-order valence-electron chi connectivity index (χ1n) is 7.22.